The Morgan fingerprint density at radius 3 is 2.78 bits per heavy atom. The molecule has 1 aliphatic rings. The van der Waals surface area contributed by atoms with Crippen LogP contribution in [0.2, 0.25) is 0 Å². The molecule has 1 N–H and O–H groups in total. The van der Waals surface area contributed by atoms with Crippen molar-refractivity contribution in [3.05, 3.63) is 12.2 Å². The molecule has 1 heterocycles. The normalized spacial score (nSPS) is 18.7. The van der Waals surface area contributed by atoms with E-state index in [2.05, 4.69) is 17.1 Å². The summed E-state index contributed by atoms with van der Waals surface area (Å²) in [6.45, 7) is 2.95. The van der Waals surface area contributed by atoms with Gasteiger partial charge in [-0.1, -0.05) is 26.2 Å². The summed E-state index contributed by atoms with van der Waals surface area (Å²) >= 11 is 0. The van der Waals surface area contributed by atoms with Crippen LogP contribution >= 0.6 is 0 Å². The number of carboxylic acids is 1. The molecule has 5 heteroatoms. The molecule has 5 nitrogen and oxygen atoms in total. The number of carbonyl (C=O) groups is 1. The van der Waals surface area contributed by atoms with Crippen LogP contribution in [0.15, 0.2) is 6.33 Å². The third-order valence-corrected chi connectivity index (χ3v) is 3.92. The largest absolute Gasteiger partial charge is 0.481 e. The minimum atomic E-state index is -0.673. The maximum atomic E-state index is 11.6. The van der Waals surface area contributed by atoms with Crippen molar-refractivity contribution in [1.82, 2.24) is 14.8 Å². The number of aromatic nitrogens is 3. The van der Waals surface area contributed by atoms with Crippen LogP contribution in [0, 0.1) is 5.41 Å². The minimum Gasteiger partial charge on any atom is -0.481 e. The van der Waals surface area contributed by atoms with E-state index in [1.165, 1.54) is 0 Å². The van der Waals surface area contributed by atoms with Crippen LogP contribution in [0.3, 0.4) is 0 Å². The van der Waals surface area contributed by atoms with E-state index < -0.39 is 11.4 Å². The van der Waals surface area contributed by atoms with Gasteiger partial charge in [0.25, 0.3) is 0 Å². The van der Waals surface area contributed by atoms with Crippen molar-refractivity contribution >= 4 is 5.97 Å². The summed E-state index contributed by atoms with van der Waals surface area (Å²) in [6, 6.07) is 0. The first-order chi connectivity index (χ1) is 8.68. The van der Waals surface area contributed by atoms with Gasteiger partial charge in [-0.25, -0.2) is 0 Å². The predicted molar refractivity (Wildman–Crippen MR) is 67.2 cm³/mol. The van der Waals surface area contributed by atoms with E-state index in [0.29, 0.717) is 6.42 Å². The minimum absolute atomic E-state index is 0.516. The molecule has 100 valence electrons. The summed E-state index contributed by atoms with van der Waals surface area (Å²) < 4.78 is 1.99. The number of carboxylic acid groups (broad SMARTS) is 1. The van der Waals surface area contributed by atoms with Crippen LogP contribution in [-0.2, 0) is 17.8 Å². The van der Waals surface area contributed by atoms with E-state index in [9.17, 15) is 9.90 Å². The Kier molecular flexibility index (Phi) is 3.99. The van der Waals surface area contributed by atoms with Crippen molar-refractivity contribution < 1.29 is 9.90 Å². The molecule has 0 radical (unpaired) electrons. The summed E-state index contributed by atoms with van der Waals surface area (Å²) in [4.78, 5) is 11.6. The van der Waals surface area contributed by atoms with Crippen LogP contribution in [0.4, 0.5) is 0 Å². The summed E-state index contributed by atoms with van der Waals surface area (Å²) in [7, 11) is 0. The lowest BCUT2D eigenvalue weighted by molar-refractivity contribution is -0.151. The molecule has 0 atom stereocenters. The Labute approximate surface area is 107 Å². The molecule has 0 aliphatic heterocycles. The number of aryl methyl sites for hydroxylation is 1. The summed E-state index contributed by atoms with van der Waals surface area (Å²) in [5, 5.41) is 17.6. The van der Waals surface area contributed by atoms with Crippen LogP contribution in [0.1, 0.15) is 51.3 Å². The average Bonchev–Trinajstić information content (AvgIpc) is 2.78. The highest BCUT2D eigenvalue weighted by atomic mass is 16.4. The van der Waals surface area contributed by atoms with Gasteiger partial charge in [0, 0.05) is 13.0 Å². The van der Waals surface area contributed by atoms with Crippen LogP contribution in [0.5, 0.6) is 0 Å². The zero-order valence-electron chi connectivity index (χ0n) is 10.9. The first-order valence-electron chi connectivity index (χ1n) is 6.78. The Morgan fingerprint density at radius 1 is 1.44 bits per heavy atom. The first-order valence-corrected chi connectivity index (χ1v) is 6.78. The van der Waals surface area contributed by atoms with Crippen LogP contribution in [0.25, 0.3) is 0 Å². The van der Waals surface area contributed by atoms with Gasteiger partial charge in [-0.15, -0.1) is 10.2 Å². The number of hydrogen-bond acceptors (Lipinski definition) is 3. The van der Waals surface area contributed by atoms with E-state index in [1.54, 1.807) is 6.33 Å². The summed E-state index contributed by atoms with van der Waals surface area (Å²) in [5.74, 6) is 0.148. The number of aliphatic carboxylic acids is 1. The monoisotopic (exact) mass is 251 g/mol. The second kappa shape index (κ2) is 5.50. The standard InChI is InChI=1S/C13H21N3O2/c1-2-8-16-10-14-15-11(16)9-13(12(17)18)6-4-3-5-7-13/h10H,2-9H2,1H3,(H,17,18). The van der Waals surface area contributed by atoms with Crippen molar-refractivity contribution in [2.24, 2.45) is 5.41 Å². The van der Waals surface area contributed by atoms with Gasteiger partial charge < -0.3 is 9.67 Å². The molecule has 1 aliphatic carbocycles. The second-order valence-electron chi connectivity index (χ2n) is 5.26. The Balaban J connectivity index is 2.18. The van der Waals surface area contributed by atoms with E-state index in [4.69, 9.17) is 0 Å². The third kappa shape index (κ3) is 2.54. The lowest BCUT2D eigenvalue weighted by atomic mass is 9.71. The van der Waals surface area contributed by atoms with E-state index in [1.807, 2.05) is 4.57 Å². The maximum Gasteiger partial charge on any atom is 0.310 e. The number of nitrogens with zero attached hydrogens (tertiary/aromatic N) is 3. The second-order valence-corrected chi connectivity index (χ2v) is 5.26. The molecule has 1 saturated carbocycles. The average molecular weight is 251 g/mol. The molecule has 1 aromatic rings. The number of hydrogen-bond donors (Lipinski definition) is 1. The third-order valence-electron chi connectivity index (χ3n) is 3.92. The van der Waals surface area contributed by atoms with Gasteiger partial charge in [0.15, 0.2) is 0 Å². The molecule has 2 rings (SSSR count). The van der Waals surface area contributed by atoms with Gasteiger partial charge in [-0.05, 0) is 19.3 Å². The molecule has 1 aromatic heterocycles. The quantitative estimate of drug-likeness (QED) is 0.871. The molecule has 0 bridgehead atoms. The first kappa shape index (κ1) is 13.1. The zero-order chi connectivity index (χ0) is 13.0. The van der Waals surface area contributed by atoms with E-state index in [0.717, 1.165) is 50.9 Å². The van der Waals surface area contributed by atoms with Gasteiger partial charge in [0.05, 0.1) is 5.41 Å². The van der Waals surface area contributed by atoms with Gasteiger partial charge in [-0.3, -0.25) is 4.79 Å². The van der Waals surface area contributed by atoms with Crippen LogP contribution < -0.4 is 0 Å². The molecule has 18 heavy (non-hydrogen) atoms. The van der Waals surface area contributed by atoms with Gasteiger partial charge in [-0.2, -0.15) is 0 Å². The summed E-state index contributed by atoms with van der Waals surface area (Å²) in [6.07, 6.45) is 7.92. The fraction of sp³-hybridized carbons (Fsp3) is 0.769. The van der Waals surface area contributed by atoms with Gasteiger partial charge in [0.2, 0.25) is 0 Å². The van der Waals surface area contributed by atoms with Crippen LogP contribution in [-0.4, -0.2) is 25.8 Å². The molecule has 0 saturated heterocycles. The lowest BCUT2D eigenvalue weighted by Gasteiger charge is -2.32. The topological polar surface area (TPSA) is 68.0 Å². The smallest absolute Gasteiger partial charge is 0.310 e. The molecular weight excluding hydrogens is 230 g/mol. The molecular formula is C13H21N3O2. The zero-order valence-corrected chi connectivity index (χ0v) is 10.9. The van der Waals surface area contributed by atoms with E-state index >= 15 is 0 Å². The van der Waals surface area contributed by atoms with Crippen molar-refractivity contribution in [3.8, 4) is 0 Å². The highest BCUT2D eigenvalue weighted by Gasteiger charge is 2.40. The molecule has 1 fully saturated rings. The lowest BCUT2D eigenvalue weighted by Crippen LogP contribution is -2.36. The van der Waals surface area contributed by atoms with Crippen molar-refractivity contribution in [2.45, 2.75) is 58.4 Å². The fourth-order valence-corrected chi connectivity index (χ4v) is 2.84. The summed E-state index contributed by atoms with van der Waals surface area (Å²) in [5.41, 5.74) is -0.614. The fourth-order valence-electron chi connectivity index (χ4n) is 2.84. The highest BCUT2D eigenvalue weighted by molar-refractivity contribution is 5.75. The Hall–Kier alpha value is -1.39. The Bertz CT molecular complexity index is 408. The molecule has 0 spiro atoms. The molecule has 0 aromatic carbocycles. The van der Waals surface area contributed by atoms with Crippen molar-refractivity contribution in [2.75, 3.05) is 0 Å². The van der Waals surface area contributed by atoms with Gasteiger partial charge >= 0.3 is 5.97 Å². The van der Waals surface area contributed by atoms with Crippen molar-refractivity contribution in [1.29, 1.82) is 0 Å². The van der Waals surface area contributed by atoms with Crippen molar-refractivity contribution in [3.63, 3.8) is 0 Å². The predicted octanol–water partition coefficient (Wildman–Crippen LogP) is 2.27. The van der Waals surface area contributed by atoms with Gasteiger partial charge in [0.1, 0.15) is 12.2 Å². The van der Waals surface area contributed by atoms with E-state index in [-0.39, 0.29) is 0 Å². The Morgan fingerprint density at radius 2 is 2.17 bits per heavy atom. The maximum absolute atomic E-state index is 11.6. The molecule has 0 unspecified atom stereocenters. The highest BCUT2D eigenvalue weighted by Crippen LogP contribution is 2.39. The SMILES string of the molecule is CCCn1cnnc1CC1(C(=O)O)CCCCC1. The molecule has 0 amide bonds. The number of rotatable bonds is 5.